The van der Waals surface area contributed by atoms with Crippen molar-refractivity contribution in [2.45, 2.75) is 32.9 Å². The van der Waals surface area contributed by atoms with Gasteiger partial charge < -0.3 is 4.74 Å². The fourth-order valence-corrected chi connectivity index (χ4v) is 3.94. The van der Waals surface area contributed by atoms with Crippen molar-refractivity contribution in [1.29, 1.82) is 0 Å². The summed E-state index contributed by atoms with van der Waals surface area (Å²) in [5, 5.41) is 5.34. The molecule has 0 aliphatic carbocycles. The van der Waals surface area contributed by atoms with E-state index >= 15 is 0 Å². The third-order valence-corrected chi connectivity index (χ3v) is 5.28. The summed E-state index contributed by atoms with van der Waals surface area (Å²) in [5.41, 5.74) is 1.46. The van der Waals surface area contributed by atoms with Gasteiger partial charge in [0, 0.05) is 24.0 Å². The van der Waals surface area contributed by atoms with E-state index in [-0.39, 0.29) is 17.2 Å². The van der Waals surface area contributed by atoms with E-state index in [0.717, 1.165) is 5.56 Å². The summed E-state index contributed by atoms with van der Waals surface area (Å²) >= 11 is 0. The quantitative estimate of drug-likeness (QED) is 0.624. The Morgan fingerprint density at radius 1 is 1.10 bits per heavy atom. The summed E-state index contributed by atoms with van der Waals surface area (Å²) in [7, 11) is 1.31. The van der Waals surface area contributed by atoms with Gasteiger partial charge in [-0.1, -0.05) is 50.2 Å². The second-order valence-corrected chi connectivity index (χ2v) is 7.82. The molecule has 3 aromatic rings. The van der Waals surface area contributed by atoms with Crippen LogP contribution in [0.5, 0.6) is 0 Å². The molecule has 2 heterocycles. The molecule has 154 valence electrons. The van der Waals surface area contributed by atoms with Crippen LogP contribution in [0.2, 0.25) is 0 Å². The average Bonchev–Trinajstić information content (AvgIpc) is 3.14. The molecule has 0 spiro atoms. The summed E-state index contributed by atoms with van der Waals surface area (Å²) < 4.78 is 6.30. The number of fused-ring (bicyclic) bond motifs is 2. The zero-order chi connectivity index (χ0) is 21.4. The predicted molar refractivity (Wildman–Crippen MR) is 114 cm³/mol. The zero-order valence-corrected chi connectivity index (χ0v) is 17.2. The minimum Gasteiger partial charge on any atom is -0.467 e. The number of hydrogen-bond acceptors (Lipinski definition) is 5. The van der Waals surface area contributed by atoms with E-state index in [1.54, 1.807) is 24.3 Å². The SMILES string of the molecule is COC(=O)C1Cc2ccccc2N1C(=O)c1nn(CC(C)C)c(=O)c2ccccc12. The van der Waals surface area contributed by atoms with Crippen molar-refractivity contribution >= 4 is 28.3 Å². The molecule has 7 nitrogen and oxygen atoms in total. The fourth-order valence-electron chi connectivity index (χ4n) is 3.94. The molecule has 1 amide bonds. The molecule has 0 N–H and O–H groups in total. The van der Waals surface area contributed by atoms with E-state index in [9.17, 15) is 14.4 Å². The summed E-state index contributed by atoms with van der Waals surface area (Å²) in [5.74, 6) is -0.738. The molecule has 0 radical (unpaired) electrons. The van der Waals surface area contributed by atoms with Crippen molar-refractivity contribution in [1.82, 2.24) is 9.78 Å². The van der Waals surface area contributed by atoms with Crippen molar-refractivity contribution < 1.29 is 14.3 Å². The number of amides is 1. The van der Waals surface area contributed by atoms with E-state index in [1.165, 1.54) is 16.7 Å². The number of carbonyl (C=O) groups is 2. The van der Waals surface area contributed by atoms with Gasteiger partial charge in [-0.3, -0.25) is 14.5 Å². The number of anilines is 1. The van der Waals surface area contributed by atoms with Crippen LogP contribution in [0.25, 0.3) is 10.8 Å². The Morgan fingerprint density at radius 3 is 2.47 bits per heavy atom. The molecule has 0 bridgehead atoms. The molecule has 1 aliphatic heterocycles. The minimum atomic E-state index is -0.772. The van der Waals surface area contributed by atoms with Crippen molar-refractivity contribution in [3.8, 4) is 0 Å². The first kappa shape index (κ1) is 19.8. The molecule has 30 heavy (non-hydrogen) atoms. The second-order valence-electron chi connectivity index (χ2n) is 7.82. The molecule has 1 aromatic heterocycles. The summed E-state index contributed by atoms with van der Waals surface area (Å²) in [6.07, 6.45) is 0.373. The third-order valence-electron chi connectivity index (χ3n) is 5.28. The Bertz CT molecular complexity index is 1200. The number of hydrogen-bond donors (Lipinski definition) is 0. The number of para-hydroxylation sites is 1. The molecule has 1 aliphatic rings. The lowest BCUT2D eigenvalue weighted by atomic mass is 10.1. The number of rotatable bonds is 4. The Labute approximate surface area is 173 Å². The molecule has 1 atom stereocenters. The van der Waals surface area contributed by atoms with Crippen LogP contribution in [0.4, 0.5) is 5.69 Å². The molecule has 0 saturated carbocycles. The first-order valence-electron chi connectivity index (χ1n) is 9.91. The van der Waals surface area contributed by atoms with Crippen molar-refractivity contribution in [2.75, 3.05) is 12.0 Å². The molecule has 0 saturated heterocycles. The monoisotopic (exact) mass is 405 g/mol. The predicted octanol–water partition coefficient (Wildman–Crippen LogP) is 2.80. The number of nitrogens with zero attached hydrogens (tertiary/aromatic N) is 3. The van der Waals surface area contributed by atoms with Crippen LogP contribution in [0.15, 0.2) is 53.3 Å². The lowest BCUT2D eigenvalue weighted by Gasteiger charge is -2.24. The van der Waals surface area contributed by atoms with E-state index in [1.807, 2.05) is 38.1 Å². The van der Waals surface area contributed by atoms with Gasteiger partial charge in [0.25, 0.3) is 11.5 Å². The third kappa shape index (κ3) is 3.26. The maximum atomic E-state index is 13.7. The Kier molecular flexibility index (Phi) is 5.11. The topological polar surface area (TPSA) is 81.5 Å². The Hall–Kier alpha value is -3.48. The van der Waals surface area contributed by atoms with Crippen LogP contribution in [0, 0.1) is 5.92 Å². The highest BCUT2D eigenvalue weighted by molar-refractivity contribution is 6.15. The van der Waals surface area contributed by atoms with Crippen LogP contribution >= 0.6 is 0 Å². The first-order chi connectivity index (χ1) is 14.4. The number of methoxy groups -OCH3 is 1. The Morgan fingerprint density at radius 2 is 1.77 bits per heavy atom. The number of benzene rings is 2. The molecular weight excluding hydrogens is 382 g/mol. The molecule has 0 fully saturated rings. The van der Waals surface area contributed by atoms with E-state index in [2.05, 4.69) is 5.10 Å². The maximum Gasteiger partial charge on any atom is 0.329 e. The smallest absolute Gasteiger partial charge is 0.329 e. The van der Waals surface area contributed by atoms with Gasteiger partial charge in [0.1, 0.15) is 6.04 Å². The van der Waals surface area contributed by atoms with Gasteiger partial charge in [-0.2, -0.15) is 5.10 Å². The van der Waals surface area contributed by atoms with Crippen LogP contribution in [0.1, 0.15) is 29.9 Å². The second kappa shape index (κ2) is 7.74. The van der Waals surface area contributed by atoms with Gasteiger partial charge in [0.05, 0.1) is 12.5 Å². The van der Waals surface area contributed by atoms with Gasteiger partial charge in [-0.15, -0.1) is 0 Å². The van der Waals surface area contributed by atoms with Crippen molar-refractivity contribution in [3.63, 3.8) is 0 Å². The summed E-state index contributed by atoms with van der Waals surface area (Å²) in [6, 6.07) is 13.6. The van der Waals surface area contributed by atoms with Crippen molar-refractivity contribution in [3.05, 3.63) is 70.1 Å². The molecular formula is C23H23N3O4. The number of aromatic nitrogens is 2. The largest absolute Gasteiger partial charge is 0.467 e. The lowest BCUT2D eigenvalue weighted by Crippen LogP contribution is -2.44. The molecule has 1 unspecified atom stereocenters. The minimum absolute atomic E-state index is 0.149. The van der Waals surface area contributed by atoms with Gasteiger partial charge in [-0.25, -0.2) is 9.48 Å². The Balaban J connectivity index is 1.91. The fraction of sp³-hybridized carbons (Fsp3) is 0.304. The normalized spacial score (nSPS) is 15.5. The molecule has 2 aromatic carbocycles. The van der Waals surface area contributed by atoms with Gasteiger partial charge in [0.2, 0.25) is 0 Å². The van der Waals surface area contributed by atoms with E-state index in [4.69, 9.17) is 4.74 Å². The van der Waals surface area contributed by atoms with Crippen LogP contribution in [0.3, 0.4) is 0 Å². The van der Waals surface area contributed by atoms with Crippen LogP contribution in [-0.4, -0.2) is 34.8 Å². The van der Waals surface area contributed by atoms with E-state index in [0.29, 0.717) is 29.4 Å². The van der Waals surface area contributed by atoms with Gasteiger partial charge in [-0.05, 0) is 23.6 Å². The molecule has 7 heteroatoms. The van der Waals surface area contributed by atoms with Gasteiger partial charge >= 0.3 is 5.97 Å². The van der Waals surface area contributed by atoms with Crippen LogP contribution < -0.4 is 10.5 Å². The van der Waals surface area contributed by atoms with Crippen LogP contribution in [-0.2, 0) is 22.5 Å². The molecule has 4 rings (SSSR count). The first-order valence-corrected chi connectivity index (χ1v) is 9.91. The highest BCUT2D eigenvalue weighted by atomic mass is 16.5. The summed E-state index contributed by atoms with van der Waals surface area (Å²) in [4.78, 5) is 40.5. The maximum absolute atomic E-state index is 13.7. The average molecular weight is 405 g/mol. The number of carbonyl (C=O) groups excluding carboxylic acids is 2. The lowest BCUT2D eigenvalue weighted by molar-refractivity contribution is -0.141. The number of ether oxygens (including phenoxy) is 1. The van der Waals surface area contributed by atoms with Gasteiger partial charge in [0.15, 0.2) is 5.69 Å². The highest BCUT2D eigenvalue weighted by Gasteiger charge is 2.40. The standard InChI is InChI=1S/C23H23N3O4/c1-14(2)13-25-21(27)17-10-6-5-9-16(17)20(24-25)22(28)26-18-11-7-4-8-15(18)12-19(26)23(29)30-3/h4-11,14,19H,12-13H2,1-3H3. The number of esters is 1. The summed E-state index contributed by atoms with van der Waals surface area (Å²) in [6.45, 7) is 4.35. The zero-order valence-electron chi connectivity index (χ0n) is 17.2. The van der Waals surface area contributed by atoms with Crippen molar-refractivity contribution in [2.24, 2.45) is 5.92 Å². The highest BCUT2D eigenvalue weighted by Crippen LogP contribution is 2.34. The van der Waals surface area contributed by atoms with E-state index < -0.39 is 17.9 Å².